The summed E-state index contributed by atoms with van der Waals surface area (Å²) < 4.78 is 0. The van der Waals surface area contributed by atoms with E-state index in [1.807, 2.05) is 0 Å². The van der Waals surface area contributed by atoms with Gasteiger partial charge in [0, 0.05) is 74.1 Å². The fourth-order valence-electron chi connectivity index (χ4n) is 0. The first-order valence-corrected chi connectivity index (χ1v) is 0. The number of rotatable bonds is 0. The van der Waals surface area contributed by atoms with Crippen LogP contribution >= 0.6 is 0 Å². The van der Waals surface area contributed by atoms with Crippen LogP contribution < -0.4 is 0 Å². The van der Waals surface area contributed by atoms with Crippen LogP contribution in [-0.2, 0) is 56.7 Å². The van der Waals surface area contributed by atoms with E-state index in [4.69, 9.17) is 0 Å². The Hall–Kier alpha value is 2.32. The molecule has 0 aliphatic carbocycles. The summed E-state index contributed by atoms with van der Waals surface area (Å²) in [4.78, 5) is 0. The Morgan fingerprint density at radius 3 is 1.00 bits per heavy atom. The fraction of sp³-hybridized carbons (Fsp3) is 0. The third-order valence-electron chi connectivity index (χ3n) is 0. The molecule has 4 heteroatoms. The summed E-state index contributed by atoms with van der Waals surface area (Å²) in [6, 6.07) is 0. The monoisotopic (exact) mass is 232 g/mol. The molecule has 0 atom stereocenters. The first-order chi connectivity index (χ1) is 0. The maximum atomic E-state index is 0. The smallest absolute Gasteiger partial charge is 0 e. The van der Waals surface area contributed by atoms with Gasteiger partial charge in [-0.2, -0.15) is 0 Å². The van der Waals surface area contributed by atoms with E-state index in [1.54, 1.807) is 0 Å². The molecule has 0 spiro atoms. The molecule has 0 amide bonds. The van der Waals surface area contributed by atoms with E-state index in [0.29, 0.717) is 0 Å². The van der Waals surface area contributed by atoms with Crippen molar-refractivity contribution in [2.24, 2.45) is 0 Å². The van der Waals surface area contributed by atoms with Gasteiger partial charge in [-0.05, 0) is 0 Å². The van der Waals surface area contributed by atoms with E-state index < -0.39 is 0 Å². The molecule has 22 valence electrons. The van der Waals surface area contributed by atoms with E-state index in [0.717, 1.165) is 0 Å². The minimum Gasteiger partial charge on any atom is 0 e. The molecule has 0 aromatic heterocycles. The summed E-state index contributed by atoms with van der Waals surface area (Å²) in [5.74, 6) is 0. The summed E-state index contributed by atoms with van der Waals surface area (Å²) >= 11 is 0. The maximum Gasteiger partial charge on any atom is 0 e. The van der Waals surface area contributed by atoms with E-state index in [2.05, 4.69) is 0 Å². The Morgan fingerprint density at radius 2 is 1.00 bits per heavy atom. The van der Waals surface area contributed by atoms with Crippen molar-refractivity contribution in [3.05, 3.63) is 0 Å². The van der Waals surface area contributed by atoms with Gasteiger partial charge in [-0.25, -0.2) is 0 Å². The summed E-state index contributed by atoms with van der Waals surface area (Å²) in [7, 11) is 0. The van der Waals surface area contributed by atoms with Gasteiger partial charge in [-0.15, -0.1) is 0 Å². The van der Waals surface area contributed by atoms with Gasteiger partial charge in [-0.3, -0.25) is 0 Å². The van der Waals surface area contributed by atoms with E-state index in [1.165, 1.54) is 0 Å². The first-order valence-electron chi connectivity index (χ1n) is 0. The molecule has 4 radical (unpaired) electrons. The minimum absolute atomic E-state index is 0. The minimum atomic E-state index is 0. The van der Waals surface area contributed by atoms with Crippen molar-refractivity contribution in [1.82, 2.24) is 0 Å². The molecule has 0 bridgehead atoms. The van der Waals surface area contributed by atoms with Gasteiger partial charge in [0.25, 0.3) is 0 Å². The van der Waals surface area contributed by atoms with Gasteiger partial charge >= 0.3 is 0 Å². The molecule has 0 rings (SSSR count). The Labute approximate surface area is 73.2 Å². The van der Waals surface area contributed by atoms with Crippen molar-refractivity contribution in [2.45, 2.75) is 0 Å². The van der Waals surface area contributed by atoms with Crippen LogP contribution in [0.4, 0.5) is 0 Å². The van der Waals surface area contributed by atoms with Crippen molar-refractivity contribution in [1.29, 1.82) is 0 Å². The molecular formula is AlFeMoV. The SMILES string of the molecule is [Al].[Fe].[Mo].[V]. The third kappa shape index (κ3) is 8.85. The largest absolute Gasteiger partial charge is 0 e. The van der Waals surface area contributed by atoms with Crippen LogP contribution in [0.15, 0.2) is 0 Å². The zero-order chi connectivity index (χ0) is 0. The zero-order valence-electron chi connectivity index (χ0n) is 1.79. The summed E-state index contributed by atoms with van der Waals surface area (Å²) in [5.41, 5.74) is 0. The molecule has 0 fully saturated rings. The van der Waals surface area contributed by atoms with Crippen LogP contribution in [0, 0.1) is 0 Å². The van der Waals surface area contributed by atoms with Crippen molar-refractivity contribution < 1.29 is 56.7 Å². The Balaban J connectivity index is 0. The molecule has 4 heavy (non-hydrogen) atoms. The third-order valence-corrected chi connectivity index (χ3v) is 0. The second-order valence-electron chi connectivity index (χ2n) is 0. The molecule has 0 nitrogen and oxygen atoms in total. The predicted molar refractivity (Wildman–Crippen MR) is 5.75 cm³/mol. The second kappa shape index (κ2) is 18.4. The molecule has 0 unspecified atom stereocenters. The average Bonchev–Trinajstić information content (AvgIpc) is 0. The van der Waals surface area contributed by atoms with Crippen molar-refractivity contribution in [2.75, 3.05) is 0 Å². The van der Waals surface area contributed by atoms with Crippen LogP contribution in [0.5, 0.6) is 0 Å². The topological polar surface area (TPSA) is 0 Å². The zero-order valence-corrected chi connectivity index (χ0v) is 7.45. The van der Waals surface area contributed by atoms with Crippen LogP contribution in [0.25, 0.3) is 0 Å². The van der Waals surface area contributed by atoms with Gasteiger partial charge in [0.15, 0.2) is 0 Å². The predicted octanol–water partition coefficient (Wildman–Crippen LogP) is -0.388. The van der Waals surface area contributed by atoms with Crippen molar-refractivity contribution in [3.8, 4) is 0 Å². The average molecular weight is 230 g/mol. The molecule has 0 aliphatic rings. The van der Waals surface area contributed by atoms with E-state index >= 15 is 0 Å². The van der Waals surface area contributed by atoms with Gasteiger partial charge in [0.05, 0.1) is 0 Å². The van der Waals surface area contributed by atoms with Crippen molar-refractivity contribution >= 4 is 17.4 Å². The van der Waals surface area contributed by atoms with Gasteiger partial charge < -0.3 is 0 Å². The van der Waals surface area contributed by atoms with E-state index in [-0.39, 0.29) is 74.1 Å². The standard InChI is InChI=1S/Al.Fe.Mo.V. The summed E-state index contributed by atoms with van der Waals surface area (Å²) in [6.07, 6.45) is 0. The second-order valence-corrected chi connectivity index (χ2v) is 0. The normalized spacial score (nSPS) is 0. The van der Waals surface area contributed by atoms with Crippen LogP contribution in [0.1, 0.15) is 0 Å². The molecule has 0 aromatic rings. The summed E-state index contributed by atoms with van der Waals surface area (Å²) in [6.45, 7) is 0. The maximum absolute atomic E-state index is 0. The fourth-order valence-corrected chi connectivity index (χ4v) is 0. The first kappa shape index (κ1) is 33.2. The number of hydrogen-bond acceptors (Lipinski definition) is 0. The van der Waals surface area contributed by atoms with Crippen LogP contribution in [0.3, 0.4) is 0 Å². The van der Waals surface area contributed by atoms with Gasteiger partial charge in [-0.1, -0.05) is 0 Å². The molecule has 0 aliphatic heterocycles. The quantitative estimate of drug-likeness (QED) is 0.497. The Kier molecular flexibility index (Phi) is 153. The summed E-state index contributed by atoms with van der Waals surface area (Å²) in [5, 5.41) is 0. The van der Waals surface area contributed by atoms with Gasteiger partial charge in [0.1, 0.15) is 0 Å². The van der Waals surface area contributed by atoms with Gasteiger partial charge in [0.2, 0.25) is 0 Å². The molecular weight excluding hydrogens is 230 g/mol. The Bertz CT molecular complexity index is 8.00. The molecule has 0 heterocycles. The molecule has 0 saturated carbocycles. The molecule has 0 N–H and O–H groups in total. The number of hydrogen-bond donors (Lipinski definition) is 0. The van der Waals surface area contributed by atoms with Crippen LogP contribution in [-0.4, -0.2) is 17.4 Å². The Morgan fingerprint density at radius 1 is 1.00 bits per heavy atom. The molecule has 0 saturated heterocycles. The molecule has 0 aromatic carbocycles. The van der Waals surface area contributed by atoms with E-state index in [9.17, 15) is 0 Å². The van der Waals surface area contributed by atoms with Crippen molar-refractivity contribution in [3.63, 3.8) is 0 Å². The van der Waals surface area contributed by atoms with Crippen LogP contribution in [0.2, 0.25) is 0 Å².